The molecule has 8 nitrogen and oxygen atoms in total. The van der Waals surface area contributed by atoms with Gasteiger partial charge in [0.25, 0.3) is 5.69 Å². The highest BCUT2D eigenvalue weighted by Gasteiger charge is 2.17. The Bertz CT molecular complexity index is 690. The van der Waals surface area contributed by atoms with Gasteiger partial charge in [0, 0.05) is 31.9 Å². The van der Waals surface area contributed by atoms with E-state index in [9.17, 15) is 10.1 Å². The Hall–Kier alpha value is -2.74. The Morgan fingerprint density at radius 2 is 2.21 bits per heavy atom. The highest BCUT2D eigenvalue weighted by molar-refractivity contribution is 5.43. The summed E-state index contributed by atoms with van der Waals surface area (Å²) in [5.74, 6) is 1.54. The molecule has 1 fully saturated rings. The van der Waals surface area contributed by atoms with Crippen LogP contribution in [0, 0.1) is 10.1 Å². The maximum absolute atomic E-state index is 10.6. The summed E-state index contributed by atoms with van der Waals surface area (Å²) in [4.78, 5) is 20.9. The number of rotatable bonds is 5. The van der Waals surface area contributed by atoms with Gasteiger partial charge in [0.15, 0.2) is 0 Å². The molecule has 1 unspecified atom stereocenters. The fourth-order valence-corrected chi connectivity index (χ4v) is 2.53. The highest BCUT2D eigenvalue weighted by Crippen LogP contribution is 2.16. The zero-order valence-electron chi connectivity index (χ0n) is 13.4. The summed E-state index contributed by atoms with van der Waals surface area (Å²) < 4.78 is 5.54. The van der Waals surface area contributed by atoms with Gasteiger partial charge in [-0.25, -0.2) is 9.97 Å². The first-order valence-corrected chi connectivity index (χ1v) is 7.77. The number of nitrogens with zero attached hydrogens (tertiary/aromatic N) is 4. The van der Waals surface area contributed by atoms with E-state index in [0.29, 0.717) is 12.4 Å². The first-order chi connectivity index (χ1) is 11.6. The van der Waals surface area contributed by atoms with E-state index in [2.05, 4.69) is 27.1 Å². The molecule has 0 radical (unpaired) electrons. The van der Waals surface area contributed by atoms with Crippen molar-refractivity contribution in [1.82, 2.24) is 9.97 Å². The van der Waals surface area contributed by atoms with Crippen LogP contribution in [0.3, 0.4) is 0 Å². The smallest absolute Gasteiger partial charge is 0.287 e. The maximum atomic E-state index is 10.6. The summed E-state index contributed by atoms with van der Waals surface area (Å²) >= 11 is 0. The molecule has 3 heterocycles. The van der Waals surface area contributed by atoms with E-state index < -0.39 is 4.92 Å². The molecule has 1 N–H and O–H groups in total. The number of ether oxygens (including phenoxy) is 1. The summed E-state index contributed by atoms with van der Waals surface area (Å²) in [5.41, 5.74) is 0.992. The molecule has 8 heteroatoms. The van der Waals surface area contributed by atoms with Crippen LogP contribution in [0.1, 0.15) is 12.5 Å². The predicted molar refractivity (Wildman–Crippen MR) is 90.1 cm³/mol. The molecule has 126 valence electrons. The molecule has 2 aromatic heterocycles. The van der Waals surface area contributed by atoms with Crippen molar-refractivity contribution in [1.29, 1.82) is 0 Å². The SMILES string of the molecule is CC1CN(c2ccc(CNc3ccc([N+](=O)[O-])cn3)cn2)CCO1. The molecule has 1 saturated heterocycles. The van der Waals surface area contributed by atoms with Crippen molar-refractivity contribution in [3.05, 3.63) is 52.3 Å². The molecule has 1 aliphatic rings. The first kappa shape index (κ1) is 16.1. The Morgan fingerprint density at radius 3 is 2.83 bits per heavy atom. The van der Waals surface area contributed by atoms with Crippen LogP contribution in [0.25, 0.3) is 0 Å². The average Bonchev–Trinajstić information content (AvgIpc) is 2.61. The maximum Gasteiger partial charge on any atom is 0.287 e. The minimum Gasteiger partial charge on any atom is -0.375 e. The van der Waals surface area contributed by atoms with Gasteiger partial charge in [0.2, 0.25) is 0 Å². The quantitative estimate of drug-likeness (QED) is 0.664. The molecule has 0 saturated carbocycles. The second-order valence-corrected chi connectivity index (χ2v) is 5.66. The van der Waals surface area contributed by atoms with E-state index >= 15 is 0 Å². The molecule has 1 atom stereocenters. The van der Waals surface area contributed by atoms with Gasteiger partial charge >= 0.3 is 0 Å². The fourth-order valence-electron chi connectivity index (χ4n) is 2.53. The monoisotopic (exact) mass is 329 g/mol. The van der Waals surface area contributed by atoms with Gasteiger partial charge in [-0.05, 0) is 24.6 Å². The van der Waals surface area contributed by atoms with Crippen LogP contribution in [0.2, 0.25) is 0 Å². The topological polar surface area (TPSA) is 93.4 Å². The zero-order chi connectivity index (χ0) is 16.9. The molecule has 24 heavy (non-hydrogen) atoms. The standard InChI is InChI=1S/C16H19N5O3/c1-12-11-20(6-7-24-12)16-5-2-13(9-19-16)8-17-15-4-3-14(10-18-15)21(22)23/h2-5,9-10,12H,6-8,11H2,1H3,(H,17,18). The molecule has 0 bridgehead atoms. The molecular weight excluding hydrogens is 310 g/mol. The van der Waals surface area contributed by atoms with E-state index in [0.717, 1.165) is 31.1 Å². The number of nitro groups is 1. The average molecular weight is 329 g/mol. The minimum atomic E-state index is -0.466. The van der Waals surface area contributed by atoms with Gasteiger partial charge in [-0.3, -0.25) is 10.1 Å². The number of anilines is 2. The molecule has 2 aromatic rings. The third-order valence-electron chi connectivity index (χ3n) is 3.81. The van der Waals surface area contributed by atoms with Crippen molar-refractivity contribution in [2.24, 2.45) is 0 Å². The predicted octanol–water partition coefficient (Wildman–Crippen LogP) is 2.22. The van der Waals surface area contributed by atoms with Crippen LogP contribution in [-0.2, 0) is 11.3 Å². The lowest BCUT2D eigenvalue weighted by Crippen LogP contribution is -2.41. The van der Waals surface area contributed by atoms with Crippen LogP contribution in [0.15, 0.2) is 36.7 Å². The Kier molecular flexibility index (Phi) is 4.85. The van der Waals surface area contributed by atoms with Crippen molar-refractivity contribution >= 4 is 17.3 Å². The molecule has 0 amide bonds. The molecular formula is C16H19N5O3. The van der Waals surface area contributed by atoms with Gasteiger partial charge in [0.1, 0.15) is 17.8 Å². The van der Waals surface area contributed by atoms with Crippen LogP contribution < -0.4 is 10.2 Å². The van der Waals surface area contributed by atoms with Gasteiger partial charge in [-0.15, -0.1) is 0 Å². The van der Waals surface area contributed by atoms with Crippen LogP contribution in [-0.4, -0.2) is 40.7 Å². The highest BCUT2D eigenvalue weighted by atomic mass is 16.6. The van der Waals surface area contributed by atoms with E-state index in [4.69, 9.17) is 4.74 Å². The van der Waals surface area contributed by atoms with Gasteiger partial charge in [-0.1, -0.05) is 6.07 Å². The van der Waals surface area contributed by atoms with Crippen molar-refractivity contribution in [3.8, 4) is 0 Å². The molecule has 0 spiro atoms. The first-order valence-electron chi connectivity index (χ1n) is 7.77. The van der Waals surface area contributed by atoms with E-state index in [1.165, 1.54) is 12.3 Å². The summed E-state index contributed by atoms with van der Waals surface area (Å²) in [6.45, 7) is 5.02. The Morgan fingerprint density at radius 1 is 1.33 bits per heavy atom. The number of nitrogens with one attached hydrogen (secondary N) is 1. The van der Waals surface area contributed by atoms with Gasteiger partial charge in [-0.2, -0.15) is 0 Å². The summed E-state index contributed by atoms with van der Waals surface area (Å²) in [5, 5.41) is 13.7. The lowest BCUT2D eigenvalue weighted by Gasteiger charge is -2.32. The third-order valence-corrected chi connectivity index (χ3v) is 3.81. The van der Waals surface area contributed by atoms with E-state index in [1.54, 1.807) is 6.07 Å². The van der Waals surface area contributed by atoms with Crippen molar-refractivity contribution in [2.75, 3.05) is 29.9 Å². The van der Waals surface area contributed by atoms with Crippen molar-refractivity contribution < 1.29 is 9.66 Å². The number of hydrogen-bond acceptors (Lipinski definition) is 7. The number of morpholine rings is 1. The minimum absolute atomic E-state index is 0.0219. The Labute approximate surface area is 139 Å². The molecule has 0 aromatic carbocycles. The van der Waals surface area contributed by atoms with Gasteiger partial charge in [0.05, 0.1) is 17.6 Å². The molecule has 1 aliphatic heterocycles. The van der Waals surface area contributed by atoms with Crippen molar-refractivity contribution in [2.45, 2.75) is 19.6 Å². The lowest BCUT2D eigenvalue weighted by atomic mass is 10.2. The third kappa shape index (κ3) is 3.96. The van der Waals surface area contributed by atoms with E-state index in [1.807, 2.05) is 18.3 Å². The normalized spacial score (nSPS) is 17.5. The fraction of sp³-hybridized carbons (Fsp3) is 0.375. The second-order valence-electron chi connectivity index (χ2n) is 5.66. The number of aromatic nitrogens is 2. The van der Waals surface area contributed by atoms with Crippen molar-refractivity contribution in [3.63, 3.8) is 0 Å². The Balaban J connectivity index is 1.57. The van der Waals surface area contributed by atoms with Gasteiger partial charge < -0.3 is 15.0 Å². The number of hydrogen-bond donors (Lipinski definition) is 1. The number of pyridine rings is 2. The summed E-state index contributed by atoms with van der Waals surface area (Å²) in [7, 11) is 0. The van der Waals surface area contributed by atoms with Crippen LogP contribution in [0.4, 0.5) is 17.3 Å². The van der Waals surface area contributed by atoms with E-state index in [-0.39, 0.29) is 11.8 Å². The largest absolute Gasteiger partial charge is 0.375 e. The molecule has 0 aliphatic carbocycles. The molecule has 3 rings (SSSR count). The zero-order valence-corrected chi connectivity index (χ0v) is 13.4. The van der Waals surface area contributed by atoms with Crippen LogP contribution in [0.5, 0.6) is 0 Å². The second kappa shape index (κ2) is 7.22. The summed E-state index contributed by atoms with van der Waals surface area (Å²) in [6.07, 6.45) is 3.28. The lowest BCUT2D eigenvalue weighted by molar-refractivity contribution is -0.385. The van der Waals surface area contributed by atoms with Crippen LogP contribution >= 0.6 is 0 Å². The summed E-state index contributed by atoms with van der Waals surface area (Å²) in [6, 6.07) is 7.03.